The molecule has 0 saturated heterocycles. The molecule has 14 heavy (non-hydrogen) atoms. The Kier molecular flexibility index (Phi) is 3.57. The van der Waals surface area contributed by atoms with Crippen molar-refractivity contribution in [1.82, 2.24) is 0 Å². The minimum absolute atomic E-state index is 0.0307. The molecule has 0 aliphatic carbocycles. The predicted octanol–water partition coefficient (Wildman–Crippen LogP) is 2.65. The standard InChI is InChI=1S/C9H7BrF2O2/c1-14-9(13)8-5(4-10)6(11)2-3-7(8)12/h2-3H,4H2,1H3. The van der Waals surface area contributed by atoms with Gasteiger partial charge in [0.15, 0.2) is 0 Å². The van der Waals surface area contributed by atoms with Gasteiger partial charge < -0.3 is 4.74 Å². The zero-order valence-corrected chi connectivity index (χ0v) is 8.90. The number of halogens is 3. The lowest BCUT2D eigenvalue weighted by molar-refractivity contribution is 0.0594. The number of hydrogen-bond donors (Lipinski definition) is 0. The summed E-state index contributed by atoms with van der Waals surface area (Å²) in [5.74, 6) is -2.30. The second-order valence-corrected chi connectivity index (χ2v) is 3.07. The molecule has 0 bridgehead atoms. The zero-order valence-electron chi connectivity index (χ0n) is 7.31. The maximum absolute atomic E-state index is 13.2. The highest BCUT2D eigenvalue weighted by atomic mass is 79.9. The molecule has 0 aliphatic heterocycles. The summed E-state index contributed by atoms with van der Waals surface area (Å²) >= 11 is 2.98. The summed E-state index contributed by atoms with van der Waals surface area (Å²) in [6, 6.07) is 1.87. The first-order valence-corrected chi connectivity index (χ1v) is 4.85. The van der Waals surface area contributed by atoms with E-state index >= 15 is 0 Å². The summed E-state index contributed by atoms with van der Waals surface area (Å²) in [5.41, 5.74) is -0.388. The van der Waals surface area contributed by atoms with E-state index in [0.29, 0.717) is 0 Å². The van der Waals surface area contributed by atoms with Crippen molar-refractivity contribution >= 4 is 21.9 Å². The van der Waals surface area contributed by atoms with Crippen molar-refractivity contribution < 1.29 is 18.3 Å². The number of methoxy groups -OCH3 is 1. The molecule has 0 radical (unpaired) electrons. The maximum atomic E-state index is 13.2. The first-order valence-electron chi connectivity index (χ1n) is 3.73. The molecule has 0 atom stereocenters. The van der Waals surface area contributed by atoms with Crippen molar-refractivity contribution in [2.45, 2.75) is 5.33 Å². The number of carbonyl (C=O) groups excluding carboxylic acids is 1. The van der Waals surface area contributed by atoms with Gasteiger partial charge in [0.1, 0.15) is 17.2 Å². The molecule has 0 aromatic heterocycles. The number of rotatable bonds is 2. The largest absolute Gasteiger partial charge is 0.465 e. The van der Waals surface area contributed by atoms with Crippen molar-refractivity contribution in [3.63, 3.8) is 0 Å². The fraction of sp³-hybridized carbons (Fsp3) is 0.222. The smallest absolute Gasteiger partial charge is 0.341 e. The molecular formula is C9H7BrF2O2. The molecule has 2 nitrogen and oxygen atoms in total. The number of alkyl halides is 1. The van der Waals surface area contributed by atoms with Crippen molar-refractivity contribution in [2.75, 3.05) is 7.11 Å². The van der Waals surface area contributed by atoms with Crippen LogP contribution in [0.4, 0.5) is 8.78 Å². The maximum Gasteiger partial charge on any atom is 0.341 e. The van der Waals surface area contributed by atoms with Crippen LogP contribution in [0.1, 0.15) is 15.9 Å². The second kappa shape index (κ2) is 4.50. The highest BCUT2D eigenvalue weighted by Crippen LogP contribution is 2.20. The molecule has 0 unspecified atom stereocenters. The van der Waals surface area contributed by atoms with Crippen molar-refractivity contribution in [3.8, 4) is 0 Å². The normalized spacial score (nSPS) is 10.0. The van der Waals surface area contributed by atoms with E-state index in [-0.39, 0.29) is 16.5 Å². The van der Waals surface area contributed by atoms with Crippen molar-refractivity contribution in [3.05, 3.63) is 34.9 Å². The molecule has 0 aliphatic rings. The van der Waals surface area contributed by atoms with E-state index in [2.05, 4.69) is 20.7 Å². The first kappa shape index (κ1) is 11.1. The Morgan fingerprint density at radius 2 is 2.00 bits per heavy atom. The van der Waals surface area contributed by atoms with Crippen molar-refractivity contribution in [2.24, 2.45) is 0 Å². The molecule has 1 rings (SSSR count). The molecule has 1 aromatic carbocycles. The Hall–Kier alpha value is -0.970. The highest BCUT2D eigenvalue weighted by Gasteiger charge is 2.19. The molecular weight excluding hydrogens is 258 g/mol. The molecule has 5 heteroatoms. The van der Waals surface area contributed by atoms with Crippen LogP contribution in [0.25, 0.3) is 0 Å². The van der Waals surface area contributed by atoms with Crippen LogP contribution in [0.3, 0.4) is 0 Å². The van der Waals surface area contributed by atoms with Gasteiger partial charge in [-0.05, 0) is 12.1 Å². The lowest BCUT2D eigenvalue weighted by Gasteiger charge is -2.07. The van der Waals surface area contributed by atoms with E-state index in [1.807, 2.05) is 0 Å². The molecule has 76 valence electrons. The predicted molar refractivity (Wildman–Crippen MR) is 50.3 cm³/mol. The lowest BCUT2D eigenvalue weighted by Crippen LogP contribution is -2.09. The fourth-order valence-electron chi connectivity index (χ4n) is 1.05. The van der Waals surface area contributed by atoms with Crippen LogP contribution < -0.4 is 0 Å². The first-order chi connectivity index (χ1) is 6.61. The van der Waals surface area contributed by atoms with E-state index in [1.165, 1.54) is 0 Å². The van der Waals surface area contributed by atoms with Gasteiger partial charge in [0, 0.05) is 10.9 Å². The minimum Gasteiger partial charge on any atom is -0.465 e. The molecule has 0 spiro atoms. The monoisotopic (exact) mass is 264 g/mol. The third kappa shape index (κ3) is 1.92. The quantitative estimate of drug-likeness (QED) is 0.607. The van der Waals surface area contributed by atoms with Gasteiger partial charge in [0.2, 0.25) is 0 Å². The Balaban J connectivity index is 3.37. The summed E-state index contributed by atoms with van der Waals surface area (Å²) < 4.78 is 30.6. The summed E-state index contributed by atoms with van der Waals surface area (Å²) in [6.45, 7) is 0. The van der Waals surface area contributed by atoms with Crippen LogP contribution in [0.15, 0.2) is 12.1 Å². The number of hydrogen-bond acceptors (Lipinski definition) is 2. The van der Waals surface area contributed by atoms with Crippen LogP contribution in [-0.4, -0.2) is 13.1 Å². The van der Waals surface area contributed by atoms with Gasteiger partial charge in [0.05, 0.1) is 7.11 Å². The summed E-state index contributed by atoms with van der Waals surface area (Å²) in [4.78, 5) is 11.1. The van der Waals surface area contributed by atoms with Crippen LogP contribution in [0.2, 0.25) is 0 Å². The minimum atomic E-state index is -0.878. The fourth-order valence-corrected chi connectivity index (χ4v) is 1.60. The average molecular weight is 265 g/mol. The number of benzene rings is 1. The summed E-state index contributed by atoms with van der Waals surface area (Å²) in [5, 5.41) is 0.0566. The van der Waals surface area contributed by atoms with Crippen LogP contribution in [-0.2, 0) is 10.1 Å². The van der Waals surface area contributed by atoms with E-state index in [9.17, 15) is 13.6 Å². The van der Waals surface area contributed by atoms with E-state index in [1.54, 1.807) is 0 Å². The van der Waals surface area contributed by atoms with Crippen LogP contribution in [0, 0.1) is 11.6 Å². The summed E-state index contributed by atoms with van der Waals surface area (Å²) in [7, 11) is 1.12. The molecule has 0 N–H and O–H groups in total. The van der Waals surface area contributed by atoms with Gasteiger partial charge in [-0.15, -0.1) is 0 Å². The Labute approximate surface area is 88.0 Å². The summed E-state index contributed by atoms with van der Waals surface area (Å²) in [6.07, 6.45) is 0. The molecule has 0 fully saturated rings. The van der Waals surface area contributed by atoms with Gasteiger partial charge in [-0.2, -0.15) is 0 Å². The van der Waals surface area contributed by atoms with E-state index in [0.717, 1.165) is 19.2 Å². The number of esters is 1. The van der Waals surface area contributed by atoms with E-state index in [4.69, 9.17) is 0 Å². The van der Waals surface area contributed by atoms with Crippen LogP contribution in [0.5, 0.6) is 0 Å². The average Bonchev–Trinajstić information content (AvgIpc) is 2.19. The number of carbonyl (C=O) groups is 1. The van der Waals surface area contributed by atoms with Crippen molar-refractivity contribution in [1.29, 1.82) is 0 Å². The molecule has 0 saturated carbocycles. The molecule has 0 amide bonds. The highest BCUT2D eigenvalue weighted by molar-refractivity contribution is 9.08. The van der Waals surface area contributed by atoms with Gasteiger partial charge in [0.25, 0.3) is 0 Å². The number of ether oxygens (including phenoxy) is 1. The second-order valence-electron chi connectivity index (χ2n) is 2.51. The zero-order chi connectivity index (χ0) is 10.7. The third-order valence-electron chi connectivity index (χ3n) is 1.73. The molecule has 0 heterocycles. The Bertz CT molecular complexity index is 366. The SMILES string of the molecule is COC(=O)c1c(F)ccc(F)c1CBr. The van der Waals surface area contributed by atoms with Gasteiger partial charge >= 0.3 is 5.97 Å². The van der Waals surface area contributed by atoms with Gasteiger partial charge in [-0.1, -0.05) is 15.9 Å². The topological polar surface area (TPSA) is 26.3 Å². The van der Waals surface area contributed by atoms with Crippen LogP contribution >= 0.6 is 15.9 Å². The lowest BCUT2D eigenvalue weighted by atomic mass is 10.1. The van der Waals surface area contributed by atoms with E-state index < -0.39 is 17.6 Å². The Morgan fingerprint density at radius 3 is 2.50 bits per heavy atom. The molecule has 1 aromatic rings. The van der Waals surface area contributed by atoms with Gasteiger partial charge in [-0.3, -0.25) is 0 Å². The Morgan fingerprint density at radius 1 is 1.43 bits per heavy atom. The third-order valence-corrected chi connectivity index (χ3v) is 2.29. The van der Waals surface area contributed by atoms with Gasteiger partial charge in [-0.25, -0.2) is 13.6 Å².